The van der Waals surface area contributed by atoms with Crippen molar-refractivity contribution in [3.63, 3.8) is 0 Å². The van der Waals surface area contributed by atoms with Crippen LogP contribution in [0, 0.1) is 0 Å². The minimum atomic E-state index is -0.0915. The predicted molar refractivity (Wildman–Crippen MR) is 127 cm³/mol. The van der Waals surface area contributed by atoms with Crippen LogP contribution in [0.15, 0.2) is 53.5 Å². The minimum absolute atomic E-state index is 0.00282. The van der Waals surface area contributed by atoms with Crippen molar-refractivity contribution in [3.8, 4) is 5.75 Å². The Morgan fingerprint density at radius 2 is 1.66 bits per heavy atom. The Kier molecular flexibility index (Phi) is 9.53. The molecular weight excluding hydrogens is 406 g/mol. The highest BCUT2D eigenvalue weighted by atomic mass is 16.5. The molecule has 32 heavy (non-hydrogen) atoms. The van der Waals surface area contributed by atoms with E-state index in [2.05, 4.69) is 15.6 Å². The molecule has 0 atom stereocenters. The van der Waals surface area contributed by atoms with Gasteiger partial charge >= 0.3 is 0 Å². The monoisotopic (exact) mass is 439 g/mol. The molecular formula is C24H33N5O3. The molecule has 0 saturated heterocycles. The molecule has 0 spiro atoms. The van der Waals surface area contributed by atoms with Gasteiger partial charge in [-0.15, -0.1) is 0 Å². The molecule has 0 bridgehead atoms. The van der Waals surface area contributed by atoms with E-state index in [1.165, 1.54) is 4.90 Å². The molecule has 8 nitrogen and oxygen atoms in total. The van der Waals surface area contributed by atoms with Crippen molar-refractivity contribution < 1.29 is 14.3 Å². The van der Waals surface area contributed by atoms with Gasteiger partial charge in [-0.3, -0.25) is 9.59 Å². The third-order valence-corrected chi connectivity index (χ3v) is 4.59. The number of hydrogen-bond acceptors (Lipinski definition) is 4. The maximum absolute atomic E-state index is 12.0. The number of nitrogens with zero attached hydrogens (tertiary/aromatic N) is 3. The molecule has 2 N–H and O–H groups in total. The van der Waals surface area contributed by atoms with Gasteiger partial charge < -0.3 is 25.2 Å². The van der Waals surface area contributed by atoms with Crippen LogP contribution in [0.5, 0.6) is 5.75 Å². The second kappa shape index (κ2) is 12.3. The fourth-order valence-electron chi connectivity index (χ4n) is 2.73. The zero-order valence-electron chi connectivity index (χ0n) is 19.5. The first kappa shape index (κ1) is 24.7. The van der Waals surface area contributed by atoms with E-state index in [0.29, 0.717) is 30.4 Å². The van der Waals surface area contributed by atoms with Gasteiger partial charge in [-0.25, -0.2) is 4.99 Å². The minimum Gasteiger partial charge on any atom is -0.484 e. The van der Waals surface area contributed by atoms with Crippen LogP contribution >= 0.6 is 0 Å². The van der Waals surface area contributed by atoms with E-state index in [1.54, 1.807) is 33.1 Å². The van der Waals surface area contributed by atoms with Crippen LogP contribution in [0.2, 0.25) is 0 Å². The van der Waals surface area contributed by atoms with E-state index in [-0.39, 0.29) is 18.4 Å². The van der Waals surface area contributed by atoms with E-state index < -0.39 is 0 Å². The molecule has 0 aliphatic carbocycles. The van der Waals surface area contributed by atoms with Crippen LogP contribution in [0.4, 0.5) is 0 Å². The molecule has 8 heteroatoms. The summed E-state index contributed by atoms with van der Waals surface area (Å²) in [5, 5.41) is 6.54. The van der Waals surface area contributed by atoms with Crippen LogP contribution in [-0.2, 0) is 17.9 Å². The zero-order valence-corrected chi connectivity index (χ0v) is 19.5. The van der Waals surface area contributed by atoms with E-state index in [9.17, 15) is 9.59 Å². The molecule has 2 aromatic rings. The number of benzene rings is 2. The fourth-order valence-corrected chi connectivity index (χ4v) is 2.73. The summed E-state index contributed by atoms with van der Waals surface area (Å²) in [7, 11) is 6.87. The summed E-state index contributed by atoms with van der Waals surface area (Å²) in [5.41, 5.74) is 2.68. The Balaban J connectivity index is 1.96. The average Bonchev–Trinajstić information content (AvgIpc) is 2.79. The summed E-state index contributed by atoms with van der Waals surface area (Å²) in [6, 6.07) is 15.1. The van der Waals surface area contributed by atoms with Crippen LogP contribution < -0.4 is 15.4 Å². The van der Waals surface area contributed by atoms with Crippen molar-refractivity contribution in [2.75, 3.05) is 41.3 Å². The van der Waals surface area contributed by atoms with E-state index in [1.807, 2.05) is 55.5 Å². The highest BCUT2D eigenvalue weighted by Crippen LogP contribution is 2.14. The molecule has 0 aromatic heterocycles. The lowest BCUT2D eigenvalue weighted by atomic mass is 10.1. The van der Waals surface area contributed by atoms with Gasteiger partial charge in [0, 0.05) is 46.8 Å². The van der Waals surface area contributed by atoms with Crippen LogP contribution in [0.3, 0.4) is 0 Å². The van der Waals surface area contributed by atoms with Crippen LogP contribution in [-0.4, -0.2) is 68.9 Å². The lowest BCUT2D eigenvalue weighted by Crippen LogP contribution is -2.36. The molecule has 0 unspecified atom stereocenters. The van der Waals surface area contributed by atoms with Crippen molar-refractivity contribution in [2.24, 2.45) is 4.99 Å². The van der Waals surface area contributed by atoms with Crippen molar-refractivity contribution in [1.82, 2.24) is 20.4 Å². The number of amides is 2. The molecule has 172 valence electrons. The quantitative estimate of drug-likeness (QED) is 0.462. The number of aliphatic imine (C=N–C) groups is 1. The van der Waals surface area contributed by atoms with Gasteiger partial charge in [0.05, 0.1) is 6.54 Å². The van der Waals surface area contributed by atoms with E-state index in [0.717, 1.165) is 17.7 Å². The zero-order chi connectivity index (χ0) is 23.5. The highest BCUT2D eigenvalue weighted by Gasteiger charge is 2.08. The summed E-state index contributed by atoms with van der Waals surface area (Å²) < 4.78 is 5.57. The standard InChI is InChI=1S/C24H33N5O3/c1-6-25-24(26-15-18-10-12-20(13-11-18)23(31)29(4)5)27-16-19-8-7-9-21(14-19)32-17-22(30)28(2)3/h7-14H,6,15-17H2,1-5H3,(H2,25,26,27). The van der Waals surface area contributed by atoms with Crippen LogP contribution in [0.1, 0.15) is 28.4 Å². The third-order valence-electron chi connectivity index (χ3n) is 4.59. The second-order valence-corrected chi connectivity index (χ2v) is 7.67. The molecule has 2 amide bonds. The van der Waals surface area contributed by atoms with Crippen molar-refractivity contribution in [2.45, 2.75) is 20.0 Å². The summed E-state index contributed by atoms with van der Waals surface area (Å²) in [4.78, 5) is 31.4. The number of ether oxygens (including phenoxy) is 1. The molecule has 0 heterocycles. The van der Waals surface area contributed by atoms with Gasteiger partial charge in [-0.2, -0.15) is 0 Å². The first-order chi connectivity index (χ1) is 15.3. The third kappa shape index (κ3) is 7.94. The summed E-state index contributed by atoms with van der Waals surface area (Å²) in [5.74, 6) is 1.22. The lowest BCUT2D eigenvalue weighted by Gasteiger charge is -2.13. The Hall–Kier alpha value is -3.55. The smallest absolute Gasteiger partial charge is 0.259 e. The van der Waals surface area contributed by atoms with E-state index in [4.69, 9.17) is 4.74 Å². The van der Waals surface area contributed by atoms with Gasteiger partial charge in [-0.1, -0.05) is 24.3 Å². The number of carbonyl (C=O) groups is 2. The largest absolute Gasteiger partial charge is 0.484 e. The van der Waals surface area contributed by atoms with Crippen molar-refractivity contribution in [1.29, 1.82) is 0 Å². The Labute approximate surface area is 190 Å². The first-order valence-electron chi connectivity index (χ1n) is 10.5. The van der Waals surface area contributed by atoms with Crippen molar-refractivity contribution >= 4 is 17.8 Å². The normalized spacial score (nSPS) is 11.0. The Morgan fingerprint density at radius 1 is 0.938 bits per heavy atom. The highest BCUT2D eigenvalue weighted by molar-refractivity contribution is 5.93. The second-order valence-electron chi connectivity index (χ2n) is 7.67. The Bertz CT molecular complexity index is 923. The van der Waals surface area contributed by atoms with Gasteiger partial charge in [-0.05, 0) is 42.3 Å². The number of rotatable bonds is 9. The summed E-state index contributed by atoms with van der Waals surface area (Å²) in [6.45, 7) is 3.79. The fraction of sp³-hybridized carbons (Fsp3) is 0.375. The maximum atomic E-state index is 12.0. The molecule has 0 saturated carbocycles. The number of nitrogens with one attached hydrogen (secondary N) is 2. The first-order valence-corrected chi connectivity index (χ1v) is 10.5. The molecule has 0 radical (unpaired) electrons. The van der Waals surface area contributed by atoms with Gasteiger partial charge in [0.2, 0.25) is 0 Å². The molecule has 2 aromatic carbocycles. The number of guanidine groups is 1. The van der Waals surface area contributed by atoms with Gasteiger partial charge in [0.25, 0.3) is 11.8 Å². The molecule has 0 fully saturated rings. The maximum Gasteiger partial charge on any atom is 0.259 e. The lowest BCUT2D eigenvalue weighted by molar-refractivity contribution is -0.130. The molecule has 0 aliphatic heterocycles. The topological polar surface area (TPSA) is 86.3 Å². The summed E-state index contributed by atoms with van der Waals surface area (Å²) in [6.07, 6.45) is 0. The average molecular weight is 440 g/mol. The Morgan fingerprint density at radius 3 is 2.28 bits per heavy atom. The van der Waals surface area contributed by atoms with Gasteiger partial charge in [0.1, 0.15) is 5.75 Å². The number of likely N-dealkylation sites (N-methyl/N-ethyl adjacent to an activating group) is 1. The van der Waals surface area contributed by atoms with Crippen LogP contribution in [0.25, 0.3) is 0 Å². The number of hydrogen-bond donors (Lipinski definition) is 2. The van der Waals surface area contributed by atoms with Crippen molar-refractivity contribution in [3.05, 3.63) is 65.2 Å². The predicted octanol–water partition coefficient (Wildman–Crippen LogP) is 2.11. The summed E-state index contributed by atoms with van der Waals surface area (Å²) >= 11 is 0. The van der Waals surface area contributed by atoms with Gasteiger partial charge in [0.15, 0.2) is 12.6 Å². The van der Waals surface area contributed by atoms with E-state index >= 15 is 0 Å². The molecule has 2 rings (SSSR count). The SMILES string of the molecule is CCNC(=NCc1cccc(OCC(=O)N(C)C)c1)NCc1ccc(C(=O)N(C)C)cc1. The molecule has 0 aliphatic rings. The number of carbonyl (C=O) groups excluding carboxylic acids is 2.